The van der Waals surface area contributed by atoms with Gasteiger partial charge >= 0.3 is 0 Å². The lowest BCUT2D eigenvalue weighted by atomic mass is 10.2. The van der Waals surface area contributed by atoms with Gasteiger partial charge in [0.05, 0.1) is 6.61 Å². The van der Waals surface area contributed by atoms with Crippen molar-refractivity contribution in [2.75, 3.05) is 19.9 Å². The zero-order valence-electron chi connectivity index (χ0n) is 7.39. The summed E-state index contributed by atoms with van der Waals surface area (Å²) in [6, 6.07) is 0. The van der Waals surface area contributed by atoms with Gasteiger partial charge in [-0.05, 0) is 19.8 Å². The van der Waals surface area contributed by atoms with Gasteiger partial charge in [-0.15, -0.1) is 0 Å². The molecule has 0 N–H and O–H groups in total. The standard InChI is InChI=1S/C8H19OP/c1-4-5-6-7-8-9-10(2)3/h4-8H2,1-3H3. The van der Waals surface area contributed by atoms with E-state index in [0.717, 1.165) is 6.61 Å². The Labute approximate surface area is 66.0 Å². The second kappa shape index (κ2) is 7.50. The van der Waals surface area contributed by atoms with Crippen molar-refractivity contribution < 1.29 is 4.52 Å². The van der Waals surface area contributed by atoms with Crippen molar-refractivity contribution >= 4 is 8.15 Å². The van der Waals surface area contributed by atoms with Crippen LogP contribution in [0.3, 0.4) is 0 Å². The van der Waals surface area contributed by atoms with E-state index in [4.69, 9.17) is 4.52 Å². The van der Waals surface area contributed by atoms with E-state index in [-0.39, 0.29) is 8.15 Å². The predicted molar refractivity (Wildman–Crippen MR) is 48.9 cm³/mol. The van der Waals surface area contributed by atoms with Gasteiger partial charge in [-0.25, -0.2) is 0 Å². The van der Waals surface area contributed by atoms with Gasteiger partial charge in [0.25, 0.3) is 0 Å². The topological polar surface area (TPSA) is 9.23 Å². The van der Waals surface area contributed by atoms with E-state index in [9.17, 15) is 0 Å². The summed E-state index contributed by atoms with van der Waals surface area (Å²) in [6.45, 7) is 7.50. The molecule has 0 saturated heterocycles. The van der Waals surface area contributed by atoms with Crippen molar-refractivity contribution in [2.24, 2.45) is 0 Å². The highest BCUT2D eigenvalue weighted by Crippen LogP contribution is 2.25. The molecule has 0 fully saturated rings. The van der Waals surface area contributed by atoms with Gasteiger partial charge in [0.2, 0.25) is 0 Å². The van der Waals surface area contributed by atoms with Crippen molar-refractivity contribution in [2.45, 2.75) is 32.6 Å². The van der Waals surface area contributed by atoms with E-state index in [0.29, 0.717) is 0 Å². The molecular weight excluding hydrogens is 143 g/mol. The monoisotopic (exact) mass is 162 g/mol. The molecule has 0 rings (SSSR count). The van der Waals surface area contributed by atoms with Crippen LogP contribution in [0.25, 0.3) is 0 Å². The predicted octanol–water partition coefficient (Wildman–Crippen LogP) is 3.24. The molecule has 0 saturated carbocycles. The molecule has 0 amide bonds. The van der Waals surface area contributed by atoms with E-state index in [2.05, 4.69) is 20.3 Å². The number of hydrogen-bond donors (Lipinski definition) is 0. The van der Waals surface area contributed by atoms with Crippen LogP contribution in [0.4, 0.5) is 0 Å². The highest BCUT2D eigenvalue weighted by molar-refractivity contribution is 7.50. The lowest BCUT2D eigenvalue weighted by molar-refractivity contribution is 0.341. The van der Waals surface area contributed by atoms with Crippen molar-refractivity contribution in [3.8, 4) is 0 Å². The van der Waals surface area contributed by atoms with Crippen molar-refractivity contribution in [3.63, 3.8) is 0 Å². The minimum Gasteiger partial charge on any atom is -0.360 e. The van der Waals surface area contributed by atoms with Crippen LogP contribution in [0.2, 0.25) is 0 Å². The zero-order valence-corrected chi connectivity index (χ0v) is 8.29. The van der Waals surface area contributed by atoms with Crippen molar-refractivity contribution in [3.05, 3.63) is 0 Å². The molecule has 0 heterocycles. The minimum atomic E-state index is -0.121. The van der Waals surface area contributed by atoms with Crippen LogP contribution >= 0.6 is 8.15 Å². The molecule has 0 unspecified atom stereocenters. The summed E-state index contributed by atoms with van der Waals surface area (Å²) < 4.78 is 5.45. The SMILES string of the molecule is CCCCCCOP(C)C. The largest absolute Gasteiger partial charge is 0.360 e. The van der Waals surface area contributed by atoms with Crippen molar-refractivity contribution in [1.82, 2.24) is 0 Å². The molecule has 0 spiro atoms. The van der Waals surface area contributed by atoms with Crippen LogP contribution in [0.1, 0.15) is 32.6 Å². The van der Waals surface area contributed by atoms with Gasteiger partial charge in [0, 0.05) is 8.15 Å². The fourth-order valence-corrected chi connectivity index (χ4v) is 1.27. The van der Waals surface area contributed by atoms with Gasteiger partial charge in [0.15, 0.2) is 0 Å². The molecule has 0 bridgehead atoms. The first-order chi connectivity index (χ1) is 4.77. The molecule has 10 heavy (non-hydrogen) atoms. The van der Waals surface area contributed by atoms with Crippen LogP contribution < -0.4 is 0 Å². The number of unbranched alkanes of at least 4 members (excludes halogenated alkanes) is 3. The van der Waals surface area contributed by atoms with E-state index in [1.807, 2.05) is 0 Å². The maximum absolute atomic E-state index is 5.45. The Morgan fingerprint density at radius 3 is 2.30 bits per heavy atom. The third-order valence-electron chi connectivity index (χ3n) is 1.35. The first-order valence-corrected chi connectivity index (χ1v) is 6.23. The number of rotatable bonds is 6. The molecule has 0 atom stereocenters. The zero-order chi connectivity index (χ0) is 7.82. The average molecular weight is 162 g/mol. The molecule has 0 radical (unpaired) electrons. The molecule has 0 aliphatic rings. The molecule has 0 aromatic heterocycles. The molecule has 0 aromatic rings. The second-order valence-electron chi connectivity index (χ2n) is 2.71. The third-order valence-corrected chi connectivity index (χ3v) is 2.05. The molecule has 0 aliphatic carbocycles. The Morgan fingerprint density at radius 2 is 1.80 bits per heavy atom. The maximum Gasteiger partial charge on any atom is 0.0508 e. The Kier molecular flexibility index (Phi) is 7.79. The molecule has 0 aromatic carbocycles. The second-order valence-corrected chi connectivity index (χ2v) is 4.59. The van der Waals surface area contributed by atoms with E-state index in [1.165, 1.54) is 25.7 Å². The van der Waals surface area contributed by atoms with Gasteiger partial charge in [-0.3, -0.25) is 0 Å². The molecule has 0 aliphatic heterocycles. The quantitative estimate of drug-likeness (QED) is 0.430. The fraction of sp³-hybridized carbons (Fsp3) is 1.00. The molecule has 1 nitrogen and oxygen atoms in total. The van der Waals surface area contributed by atoms with Crippen molar-refractivity contribution in [1.29, 1.82) is 0 Å². The number of hydrogen-bond acceptors (Lipinski definition) is 1. The Hall–Kier alpha value is 0.390. The first kappa shape index (κ1) is 10.4. The average Bonchev–Trinajstić information content (AvgIpc) is 1.87. The molecule has 2 heteroatoms. The van der Waals surface area contributed by atoms with Crippen LogP contribution in [-0.2, 0) is 4.52 Å². The summed E-state index contributed by atoms with van der Waals surface area (Å²) in [7, 11) is -0.121. The highest BCUT2D eigenvalue weighted by atomic mass is 31.1. The van der Waals surface area contributed by atoms with E-state index in [1.54, 1.807) is 0 Å². The molecular formula is C8H19OP. The summed E-state index contributed by atoms with van der Waals surface area (Å²) in [5.74, 6) is 0. The lowest BCUT2D eigenvalue weighted by Gasteiger charge is -2.05. The smallest absolute Gasteiger partial charge is 0.0508 e. The first-order valence-electron chi connectivity index (χ1n) is 4.07. The Morgan fingerprint density at radius 1 is 1.10 bits per heavy atom. The van der Waals surface area contributed by atoms with Crippen LogP contribution in [0.5, 0.6) is 0 Å². The maximum atomic E-state index is 5.45. The minimum absolute atomic E-state index is 0.121. The van der Waals surface area contributed by atoms with E-state index >= 15 is 0 Å². The summed E-state index contributed by atoms with van der Waals surface area (Å²) in [5.41, 5.74) is 0. The third kappa shape index (κ3) is 8.39. The van der Waals surface area contributed by atoms with Gasteiger partial charge < -0.3 is 4.52 Å². The summed E-state index contributed by atoms with van der Waals surface area (Å²) in [6.07, 6.45) is 5.25. The summed E-state index contributed by atoms with van der Waals surface area (Å²) in [5, 5.41) is 0. The van der Waals surface area contributed by atoms with Crippen LogP contribution in [0.15, 0.2) is 0 Å². The normalized spacial score (nSPS) is 10.8. The lowest BCUT2D eigenvalue weighted by Crippen LogP contribution is -1.87. The highest BCUT2D eigenvalue weighted by Gasteiger charge is 1.91. The van der Waals surface area contributed by atoms with Gasteiger partial charge in [-0.2, -0.15) is 0 Å². The Bertz CT molecular complexity index is 64.3. The summed E-state index contributed by atoms with van der Waals surface area (Å²) >= 11 is 0. The Balaban J connectivity index is 2.77. The van der Waals surface area contributed by atoms with E-state index < -0.39 is 0 Å². The van der Waals surface area contributed by atoms with Crippen LogP contribution in [-0.4, -0.2) is 19.9 Å². The molecule has 62 valence electrons. The fourth-order valence-electron chi connectivity index (χ4n) is 0.776. The van der Waals surface area contributed by atoms with Gasteiger partial charge in [0.1, 0.15) is 0 Å². The summed E-state index contributed by atoms with van der Waals surface area (Å²) in [4.78, 5) is 0. The van der Waals surface area contributed by atoms with Crippen LogP contribution in [0, 0.1) is 0 Å². The van der Waals surface area contributed by atoms with Gasteiger partial charge in [-0.1, -0.05) is 26.2 Å².